The van der Waals surface area contributed by atoms with Gasteiger partial charge in [-0.3, -0.25) is 23.4 Å². The van der Waals surface area contributed by atoms with Crippen LogP contribution in [0, 0.1) is 0 Å². The van der Waals surface area contributed by atoms with E-state index in [1.807, 2.05) is 0 Å². The van der Waals surface area contributed by atoms with Gasteiger partial charge in [0.2, 0.25) is 0 Å². The number of rotatable bonds is 50. The summed E-state index contributed by atoms with van der Waals surface area (Å²) in [6.07, 6.45) is 43.3. The van der Waals surface area contributed by atoms with Crippen LogP contribution < -0.4 is 0 Å². The fourth-order valence-electron chi connectivity index (χ4n) is 7.59. The summed E-state index contributed by atoms with van der Waals surface area (Å²) in [5.74, 6) is -1.45. The Labute approximate surface area is 392 Å². The van der Waals surface area contributed by atoms with Crippen molar-refractivity contribution >= 4 is 25.7 Å². The van der Waals surface area contributed by atoms with Gasteiger partial charge in [-0.25, -0.2) is 4.57 Å². The highest BCUT2D eigenvalue weighted by Crippen LogP contribution is 2.43. The van der Waals surface area contributed by atoms with E-state index in [1.165, 1.54) is 141 Å². The predicted molar refractivity (Wildman–Crippen MR) is 261 cm³/mol. The zero-order chi connectivity index (χ0) is 47.0. The number of carbonyl (C=O) groups excluding carboxylic acids is 3. The predicted octanol–water partition coefficient (Wildman–Crippen LogP) is 14.9. The zero-order valence-corrected chi connectivity index (χ0v) is 42.4. The molecule has 0 heterocycles. The van der Waals surface area contributed by atoms with Crippen molar-refractivity contribution < 1.29 is 52.2 Å². The maximum absolute atomic E-state index is 12.8. The molecule has 0 bridgehead atoms. The third-order valence-corrected chi connectivity index (χ3v) is 12.6. The number of carbonyl (C=O) groups is 3. The van der Waals surface area contributed by atoms with Gasteiger partial charge in [-0.1, -0.05) is 213 Å². The van der Waals surface area contributed by atoms with Crippen LogP contribution in [0.4, 0.5) is 0 Å². The largest absolute Gasteiger partial charge is 0.472 e. The number of esters is 3. The quantitative estimate of drug-likeness (QED) is 0.0197. The van der Waals surface area contributed by atoms with E-state index in [1.54, 1.807) is 0 Å². The van der Waals surface area contributed by atoms with Crippen LogP contribution >= 0.6 is 7.82 Å². The van der Waals surface area contributed by atoms with E-state index < -0.39 is 57.8 Å². The molecule has 0 saturated carbocycles. The molecule has 0 fully saturated rings. The van der Waals surface area contributed by atoms with Crippen LogP contribution in [0.15, 0.2) is 12.2 Å². The maximum atomic E-state index is 12.8. The molecule has 12 heteroatoms. The number of ether oxygens (including phenoxy) is 3. The Morgan fingerprint density at radius 3 is 1.08 bits per heavy atom. The molecule has 0 aliphatic carbocycles. The third-order valence-electron chi connectivity index (χ3n) is 11.7. The first-order valence-corrected chi connectivity index (χ1v) is 28.1. The lowest BCUT2D eigenvalue weighted by Crippen LogP contribution is -2.30. The highest BCUT2D eigenvalue weighted by atomic mass is 31.2. The molecule has 64 heavy (non-hydrogen) atoms. The van der Waals surface area contributed by atoms with Crippen molar-refractivity contribution in [1.82, 2.24) is 0 Å². The molecule has 3 unspecified atom stereocenters. The molecule has 378 valence electrons. The van der Waals surface area contributed by atoms with Gasteiger partial charge < -0.3 is 24.2 Å². The van der Waals surface area contributed by atoms with Gasteiger partial charge in [0.1, 0.15) is 12.7 Å². The Hall–Kier alpha value is -1.78. The zero-order valence-electron chi connectivity index (χ0n) is 41.5. The molecule has 0 aromatic rings. The monoisotopic (exact) mass is 931 g/mol. The topological polar surface area (TPSA) is 155 Å². The van der Waals surface area contributed by atoms with Crippen molar-refractivity contribution in [2.24, 2.45) is 0 Å². The van der Waals surface area contributed by atoms with Gasteiger partial charge in [-0.05, 0) is 44.9 Å². The standard InChI is InChI=1S/C52H99O11P/c1-4-7-10-13-16-19-21-22-23-24-25-26-28-30-32-35-38-41-50(54)59-45-49(63-52(56)43-40-37-34-31-27-20-17-14-11-8-5-2)47-61-64(57,58)60-46-48(44-53)62-51(55)42-39-36-33-29-18-15-12-9-6-3/h22-23,48-49,53H,4-21,24-47H2,1-3H3,(H,57,58)/b23-22-. The highest BCUT2D eigenvalue weighted by molar-refractivity contribution is 7.47. The average Bonchev–Trinajstić information content (AvgIpc) is 3.28. The second-order valence-electron chi connectivity index (χ2n) is 18.1. The number of hydrogen-bond acceptors (Lipinski definition) is 10. The van der Waals surface area contributed by atoms with Crippen molar-refractivity contribution in [3.8, 4) is 0 Å². The van der Waals surface area contributed by atoms with Gasteiger partial charge in [-0.15, -0.1) is 0 Å². The molecule has 0 amide bonds. The fraction of sp³-hybridized carbons (Fsp3) is 0.904. The van der Waals surface area contributed by atoms with Gasteiger partial charge in [0.15, 0.2) is 6.10 Å². The summed E-state index contributed by atoms with van der Waals surface area (Å²) in [6, 6.07) is 0. The van der Waals surface area contributed by atoms with Crippen LogP contribution in [0.25, 0.3) is 0 Å². The Morgan fingerprint density at radius 1 is 0.422 bits per heavy atom. The fourth-order valence-corrected chi connectivity index (χ4v) is 8.37. The Bertz CT molecular complexity index is 1130. The number of phosphoric ester groups is 1. The average molecular weight is 931 g/mol. The van der Waals surface area contributed by atoms with Crippen LogP contribution in [0.5, 0.6) is 0 Å². The van der Waals surface area contributed by atoms with Crippen LogP contribution in [-0.4, -0.2) is 66.5 Å². The van der Waals surface area contributed by atoms with Crippen molar-refractivity contribution in [3.63, 3.8) is 0 Å². The first-order chi connectivity index (χ1) is 31.2. The molecule has 0 aromatic carbocycles. The molecule has 0 saturated heterocycles. The van der Waals surface area contributed by atoms with E-state index in [4.69, 9.17) is 23.3 Å². The first kappa shape index (κ1) is 62.2. The second kappa shape index (κ2) is 47.7. The van der Waals surface area contributed by atoms with Gasteiger partial charge in [0.05, 0.1) is 19.8 Å². The summed E-state index contributed by atoms with van der Waals surface area (Å²) in [5.41, 5.74) is 0. The van der Waals surface area contributed by atoms with E-state index in [9.17, 15) is 28.9 Å². The van der Waals surface area contributed by atoms with Crippen LogP contribution in [0.1, 0.15) is 265 Å². The number of allylic oxidation sites excluding steroid dienone is 2. The lowest BCUT2D eigenvalue weighted by Gasteiger charge is -2.21. The molecule has 0 aromatic heterocycles. The summed E-state index contributed by atoms with van der Waals surface area (Å²) in [7, 11) is -4.73. The number of unbranched alkanes of at least 4 members (excludes halogenated alkanes) is 31. The highest BCUT2D eigenvalue weighted by Gasteiger charge is 2.28. The minimum absolute atomic E-state index is 0.174. The molecular formula is C52H99O11P. The Balaban J connectivity index is 4.67. The number of hydrogen-bond donors (Lipinski definition) is 2. The van der Waals surface area contributed by atoms with E-state index in [-0.39, 0.29) is 25.9 Å². The third kappa shape index (κ3) is 45.4. The van der Waals surface area contributed by atoms with Gasteiger partial charge in [-0.2, -0.15) is 0 Å². The van der Waals surface area contributed by atoms with Crippen molar-refractivity contribution in [2.75, 3.05) is 26.4 Å². The van der Waals surface area contributed by atoms with Crippen LogP contribution in [0.3, 0.4) is 0 Å². The van der Waals surface area contributed by atoms with E-state index in [2.05, 4.69) is 32.9 Å². The van der Waals surface area contributed by atoms with Crippen molar-refractivity contribution in [2.45, 2.75) is 277 Å². The summed E-state index contributed by atoms with van der Waals surface area (Å²) in [5, 5.41) is 9.74. The molecule has 0 aliphatic rings. The lowest BCUT2D eigenvalue weighted by molar-refractivity contribution is -0.161. The van der Waals surface area contributed by atoms with E-state index in [0.29, 0.717) is 19.3 Å². The minimum Gasteiger partial charge on any atom is -0.462 e. The molecule has 0 spiro atoms. The molecule has 0 radical (unpaired) electrons. The van der Waals surface area contributed by atoms with E-state index >= 15 is 0 Å². The Morgan fingerprint density at radius 2 is 0.719 bits per heavy atom. The summed E-state index contributed by atoms with van der Waals surface area (Å²) >= 11 is 0. The first-order valence-electron chi connectivity index (χ1n) is 26.6. The van der Waals surface area contributed by atoms with Crippen molar-refractivity contribution in [1.29, 1.82) is 0 Å². The van der Waals surface area contributed by atoms with Gasteiger partial charge >= 0.3 is 25.7 Å². The number of aliphatic hydroxyl groups is 1. The summed E-state index contributed by atoms with van der Waals surface area (Å²) in [6.45, 7) is 4.63. The van der Waals surface area contributed by atoms with Crippen LogP contribution in [-0.2, 0) is 42.2 Å². The summed E-state index contributed by atoms with van der Waals surface area (Å²) in [4.78, 5) is 48.2. The van der Waals surface area contributed by atoms with Gasteiger partial charge in [0, 0.05) is 19.3 Å². The van der Waals surface area contributed by atoms with Gasteiger partial charge in [0.25, 0.3) is 0 Å². The molecule has 3 atom stereocenters. The maximum Gasteiger partial charge on any atom is 0.472 e. The SMILES string of the molecule is CCCCCCCC/C=C\CCCCCCCCCC(=O)OCC(COP(=O)(O)OCC(CO)OC(=O)CCCCCCCCCCC)OC(=O)CCCCCCCCCCCCC. The Kier molecular flexibility index (Phi) is 46.4. The molecule has 0 rings (SSSR count). The lowest BCUT2D eigenvalue weighted by atomic mass is 10.1. The molecule has 0 aliphatic heterocycles. The number of phosphoric acid groups is 1. The molecule has 11 nitrogen and oxygen atoms in total. The molecule has 2 N–H and O–H groups in total. The molecular weight excluding hydrogens is 832 g/mol. The smallest absolute Gasteiger partial charge is 0.462 e. The minimum atomic E-state index is -4.73. The second-order valence-corrected chi connectivity index (χ2v) is 19.5. The van der Waals surface area contributed by atoms with Crippen molar-refractivity contribution in [3.05, 3.63) is 12.2 Å². The summed E-state index contributed by atoms with van der Waals surface area (Å²) < 4.78 is 39.3. The normalized spacial score (nSPS) is 13.5. The van der Waals surface area contributed by atoms with E-state index in [0.717, 1.165) is 64.2 Å². The number of aliphatic hydroxyl groups excluding tert-OH is 1. The van der Waals surface area contributed by atoms with Crippen LogP contribution in [0.2, 0.25) is 0 Å².